The first-order valence-electron chi connectivity index (χ1n) is 26.4. The Kier molecular flexibility index (Phi) is 26.2. The second kappa shape index (κ2) is 28.4. The van der Waals surface area contributed by atoms with Gasteiger partial charge in [-0.2, -0.15) is 0 Å². The van der Waals surface area contributed by atoms with Crippen molar-refractivity contribution in [2.45, 2.75) is 288 Å². The molecule has 6 unspecified atom stereocenters. The van der Waals surface area contributed by atoms with Gasteiger partial charge in [0.1, 0.15) is 11.2 Å². The summed E-state index contributed by atoms with van der Waals surface area (Å²) in [6.45, 7) is 39.9. The SMILES string of the molecule is CC(C)OC(C)C(=O)OC(C)C(=O)C(C)(C)C(C)(C)OC(C)CCCCC(=O)OC(C)(C)Cc1ccc(COC(C)(C)C(=O)CCCCC(C)OC(C)(C)C(C)(C)C(=O)C(C)OC(=O)C(C)OC(C)C)cc1. The highest BCUT2D eigenvalue weighted by Gasteiger charge is 2.49. The van der Waals surface area contributed by atoms with Crippen LogP contribution in [-0.2, 0) is 79.7 Å². The predicted molar refractivity (Wildman–Crippen MR) is 280 cm³/mol. The highest BCUT2D eigenvalue weighted by atomic mass is 16.6. The van der Waals surface area contributed by atoms with Crippen molar-refractivity contribution in [3.63, 3.8) is 0 Å². The largest absolute Gasteiger partial charge is 0.459 e. The first-order valence-corrected chi connectivity index (χ1v) is 26.4. The van der Waals surface area contributed by atoms with E-state index in [1.807, 2.05) is 107 Å². The molecule has 0 aliphatic rings. The number of carbonyl (C=O) groups is 6. The molecule has 14 nitrogen and oxygen atoms in total. The summed E-state index contributed by atoms with van der Waals surface area (Å²) in [6.07, 6.45) is 1.06. The van der Waals surface area contributed by atoms with Crippen molar-refractivity contribution < 1.29 is 66.7 Å². The summed E-state index contributed by atoms with van der Waals surface area (Å²) < 4.78 is 46.8. The summed E-state index contributed by atoms with van der Waals surface area (Å²) in [5.74, 6) is -1.93. The quantitative estimate of drug-likeness (QED) is 0.0356. The van der Waals surface area contributed by atoms with Gasteiger partial charge in [0, 0.05) is 19.3 Å². The number of hydrogen-bond donors (Lipinski definition) is 0. The van der Waals surface area contributed by atoms with Gasteiger partial charge in [-0.15, -0.1) is 0 Å². The van der Waals surface area contributed by atoms with Crippen LogP contribution in [0.3, 0.4) is 0 Å². The van der Waals surface area contributed by atoms with E-state index in [0.29, 0.717) is 38.5 Å². The van der Waals surface area contributed by atoms with E-state index in [0.717, 1.165) is 24.0 Å². The van der Waals surface area contributed by atoms with Crippen molar-refractivity contribution in [2.75, 3.05) is 0 Å². The molecule has 0 aliphatic carbocycles. The van der Waals surface area contributed by atoms with E-state index in [1.54, 1.807) is 69.2 Å². The molecule has 0 amide bonds. The van der Waals surface area contributed by atoms with E-state index >= 15 is 0 Å². The molecule has 0 saturated heterocycles. The molecular formula is C58H98O14. The number of esters is 3. The minimum absolute atomic E-state index is 0.00926. The molecule has 0 spiro atoms. The van der Waals surface area contributed by atoms with Gasteiger partial charge in [0.05, 0.1) is 53.1 Å². The van der Waals surface area contributed by atoms with Crippen LogP contribution in [-0.4, -0.2) is 106 Å². The lowest BCUT2D eigenvalue weighted by Crippen LogP contribution is -2.52. The summed E-state index contributed by atoms with van der Waals surface area (Å²) in [4.78, 5) is 78.2. The van der Waals surface area contributed by atoms with Crippen molar-refractivity contribution in [3.05, 3.63) is 35.4 Å². The van der Waals surface area contributed by atoms with E-state index in [1.165, 1.54) is 0 Å². The van der Waals surface area contributed by atoms with Gasteiger partial charge >= 0.3 is 17.9 Å². The van der Waals surface area contributed by atoms with Crippen LogP contribution in [0.15, 0.2) is 24.3 Å². The van der Waals surface area contributed by atoms with Crippen molar-refractivity contribution in [1.82, 2.24) is 0 Å². The standard InChI is InChI=1S/C58H98O14/c1-37(2)66-43(9)51(63)68-41(7)49(61)54(13,14)57(19,20)70-39(5)27-23-25-29-47(59)56(17,18)65-36-46-33-31-45(32-34-46)35-53(11,12)72-48(60)30-26-24-28-40(6)71-58(21,22)55(15,16)50(62)42(8)69-52(64)44(10)67-38(3)4/h31-34,37-44H,23-30,35-36H2,1-22H3. The second-order valence-corrected chi connectivity index (χ2v) is 23.6. The van der Waals surface area contributed by atoms with Crippen molar-refractivity contribution in [3.8, 4) is 0 Å². The van der Waals surface area contributed by atoms with E-state index < -0.39 is 69.6 Å². The van der Waals surface area contributed by atoms with Crippen molar-refractivity contribution >= 4 is 35.3 Å². The average Bonchev–Trinajstić information content (AvgIpc) is 3.24. The van der Waals surface area contributed by atoms with Crippen LogP contribution < -0.4 is 0 Å². The molecule has 0 heterocycles. The zero-order valence-corrected chi connectivity index (χ0v) is 48.7. The van der Waals surface area contributed by atoms with Crippen LogP contribution in [0.25, 0.3) is 0 Å². The lowest BCUT2D eigenvalue weighted by Gasteiger charge is -2.43. The molecule has 0 N–H and O–H groups in total. The van der Waals surface area contributed by atoms with Gasteiger partial charge in [0.2, 0.25) is 0 Å². The van der Waals surface area contributed by atoms with Gasteiger partial charge in [-0.1, -0.05) is 37.1 Å². The minimum atomic E-state index is -0.985. The fourth-order valence-electron chi connectivity index (χ4n) is 8.31. The Morgan fingerprint density at radius 1 is 0.486 bits per heavy atom. The third-order valence-electron chi connectivity index (χ3n) is 14.0. The fourth-order valence-corrected chi connectivity index (χ4v) is 8.31. The molecule has 0 aliphatic heterocycles. The van der Waals surface area contributed by atoms with E-state index in [9.17, 15) is 28.8 Å². The summed E-state index contributed by atoms with van der Waals surface area (Å²) in [5, 5.41) is 0. The van der Waals surface area contributed by atoms with Crippen LogP contribution in [0, 0.1) is 10.8 Å². The maximum atomic E-state index is 13.5. The second-order valence-electron chi connectivity index (χ2n) is 23.6. The number of unbranched alkanes of at least 4 members (excludes halogenated alkanes) is 2. The van der Waals surface area contributed by atoms with Crippen LogP contribution in [0.4, 0.5) is 0 Å². The minimum Gasteiger partial charge on any atom is -0.459 e. The fraction of sp³-hybridized carbons (Fsp3) is 0.793. The van der Waals surface area contributed by atoms with Gasteiger partial charge in [0.25, 0.3) is 0 Å². The molecule has 1 rings (SSSR count). The highest BCUT2D eigenvalue weighted by molar-refractivity contribution is 5.92. The van der Waals surface area contributed by atoms with Gasteiger partial charge in [-0.25, -0.2) is 9.59 Å². The molecule has 1 aromatic rings. The zero-order chi connectivity index (χ0) is 55.8. The summed E-state index contributed by atoms with van der Waals surface area (Å²) >= 11 is 0. The molecule has 0 bridgehead atoms. The number of Topliss-reactive ketones (excluding diaryl/α,β-unsaturated/α-hetero) is 3. The van der Waals surface area contributed by atoms with E-state index in [4.69, 9.17) is 37.9 Å². The molecule has 14 heteroatoms. The topological polar surface area (TPSA) is 176 Å². The average molecular weight is 1020 g/mol. The Balaban J connectivity index is 2.56. The summed E-state index contributed by atoms with van der Waals surface area (Å²) in [7, 11) is 0. The van der Waals surface area contributed by atoms with Gasteiger partial charge in [-0.3, -0.25) is 19.2 Å². The third-order valence-corrected chi connectivity index (χ3v) is 14.0. The normalized spacial score (nSPS) is 15.6. The zero-order valence-electron chi connectivity index (χ0n) is 48.7. The molecule has 72 heavy (non-hydrogen) atoms. The van der Waals surface area contributed by atoms with Crippen LogP contribution in [0.2, 0.25) is 0 Å². The molecular weight excluding hydrogens is 921 g/mol. The number of rotatable bonds is 35. The Morgan fingerprint density at radius 3 is 1.25 bits per heavy atom. The first kappa shape index (κ1) is 66.5. The van der Waals surface area contributed by atoms with Gasteiger partial charge in [0.15, 0.2) is 41.8 Å². The third kappa shape index (κ3) is 21.7. The Morgan fingerprint density at radius 2 is 0.861 bits per heavy atom. The highest BCUT2D eigenvalue weighted by Crippen LogP contribution is 2.39. The van der Waals surface area contributed by atoms with Crippen molar-refractivity contribution in [1.29, 1.82) is 0 Å². The first-order chi connectivity index (χ1) is 32.8. The number of ether oxygens (including phenoxy) is 8. The lowest BCUT2D eigenvalue weighted by atomic mass is 9.72. The molecule has 0 radical (unpaired) electrons. The molecule has 6 atom stereocenters. The molecule has 0 aromatic heterocycles. The van der Waals surface area contributed by atoms with Gasteiger partial charge < -0.3 is 37.9 Å². The smallest absolute Gasteiger partial charge is 0.335 e. The lowest BCUT2D eigenvalue weighted by molar-refractivity contribution is -0.178. The van der Waals surface area contributed by atoms with Gasteiger partial charge in [-0.05, 0) is 189 Å². The molecule has 0 fully saturated rings. The summed E-state index contributed by atoms with van der Waals surface area (Å²) in [5.41, 5.74) is -3.49. The van der Waals surface area contributed by atoms with Crippen LogP contribution in [0.5, 0.6) is 0 Å². The number of ketones is 3. The van der Waals surface area contributed by atoms with Crippen LogP contribution in [0.1, 0.15) is 215 Å². The monoisotopic (exact) mass is 1020 g/mol. The Hall–Kier alpha value is -3.56. The Labute approximate surface area is 434 Å². The van der Waals surface area contributed by atoms with Crippen LogP contribution >= 0.6 is 0 Å². The Bertz CT molecular complexity index is 1890. The maximum absolute atomic E-state index is 13.5. The molecule has 414 valence electrons. The van der Waals surface area contributed by atoms with Crippen molar-refractivity contribution in [2.24, 2.45) is 10.8 Å². The molecule has 0 saturated carbocycles. The number of carbonyl (C=O) groups excluding carboxylic acids is 6. The number of benzene rings is 1. The van der Waals surface area contributed by atoms with E-state index in [2.05, 4.69) is 0 Å². The number of hydrogen-bond acceptors (Lipinski definition) is 14. The predicted octanol–water partition coefficient (Wildman–Crippen LogP) is 11.6. The maximum Gasteiger partial charge on any atom is 0.335 e. The van der Waals surface area contributed by atoms with E-state index in [-0.39, 0.29) is 60.8 Å². The molecule has 1 aromatic carbocycles. The summed E-state index contributed by atoms with van der Waals surface area (Å²) in [6, 6.07) is 7.89.